The second kappa shape index (κ2) is 5.41. The number of nitrogens with zero attached hydrogens (tertiary/aromatic N) is 4. The Kier molecular flexibility index (Phi) is 4.07. The van der Waals surface area contributed by atoms with Crippen LogP contribution in [0.3, 0.4) is 0 Å². The summed E-state index contributed by atoms with van der Waals surface area (Å²) in [7, 11) is 2.07. The van der Waals surface area contributed by atoms with Gasteiger partial charge in [0.1, 0.15) is 5.82 Å². The normalized spacial score (nSPS) is 21.3. The monoisotopic (exact) mass is 250 g/mol. The summed E-state index contributed by atoms with van der Waals surface area (Å²) in [6, 6.07) is 0. The van der Waals surface area contributed by atoms with E-state index in [9.17, 15) is 0 Å². The molecule has 0 atom stereocenters. The number of aryl methyl sites for hydroxylation is 1. The van der Waals surface area contributed by atoms with E-state index in [1.54, 1.807) is 0 Å². The molecule has 0 N–H and O–H groups in total. The molecule has 0 aliphatic carbocycles. The number of imidazole rings is 1. The van der Waals surface area contributed by atoms with Crippen molar-refractivity contribution in [1.29, 1.82) is 0 Å². The zero-order valence-electron chi connectivity index (χ0n) is 12.2. The quantitative estimate of drug-likeness (QED) is 0.807. The molecule has 0 amide bonds. The molecular formula is C14H26N4. The van der Waals surface area contributed by atoms with Crippen molar-refractivity contribution in [1.82, 2.24) is 19.4 Å². The highest BCUT2D eigenvalue weighted by Crippen LogP contribution is 2.20. The number of piperazine rings is 1. The first-order chi connectivity index (χ1) is 8.53. The van der Waals surface area contributed by atoms with E-state index in [1.807, 2.05) is 12.4 Å². The number of aromatic nitrogens is 2. The van der Waals surface area contributed by atoms with Crippen LogP contribution in [-0.4, -0.2) is 57.6 Å². The molecule has 0 saturated carbocycles. The zero-order valence-corrected chi connectivity index (χ0v) is 12.2. The largest absolute Gasteiger partial charge is 0.338 e. The summed E-state index contributed by atoms with van der Waals surface area (Å²) >= 11 is 0. The lowest BCUT2D eigenvalue weighted by molar-refractivity contribution is 0.0242. The Labute approximate surface area is 111 Å². The fraction of sp³-hybridized carbons (Fsp3) is 0.786. The Balaban J connectivity index is 1.87. The maximum absolute atomic E-state index is 4.39. The lowest BCUT2D eigenvalue weighted by Gasteiger charge is -2.46. The first kappa shape index (κ1) is 13.6. The van der Waals surface area contributed by atoms with E-state index in [0.717, 1.165) is 26.1 Å². The molecule has 102 valence electrons. The summed E-state index contributed by atoms with van der Waals surface area (Å²) in [6.45, 7) is 12.8. The van der Waals surface area contributed by atoms with Crippen LogP contribution >= 0.6 is 0 Å². The van der Waals surface area contributed by atoms with Gasteiger partial charge in [0.2, 0.25) is 0 Å². The van der Waals surface area contributed by atoms with Gasteiger partial charge in [-0.1, -0.05) is 6.92 Å². The number of hydrogen-bond acceptors (Lipinski definition) is 3. The van der Waals surface area contributed by atoms with Crippen LogP contribution in [0.5, 0.6) is 0 Å². The van der Waals surface area contributed by atoms with Crippen LogP contribution in [0, 0.1) is 0 Å². The lowest BCUT2D eigenvalue weighted by Crippen LogP contribution is -2.59. The lowest BCUT2D eigenvalue weighted by atomic mass is 9.99. The SMILES string of the molecule is CCN1CCN(CCc2nccn2C)CC1(C)C. The van der Waals surface area contributed by atoms with Crippen LogP contribution in [0.4, 0.5) is 0 Å². The Morgan fingerprint density at radius 1 is 1.33 bits per heavy atom. The molecule has 1 aliphatic rings. The second-order valence-electron chi connectivity index (χ2n) is 5.87. The first-order valence-electron chi connectivity index (χ1n) is 6.96. The van der Waals surface area contributed by atoms with Crippen molar-refractivity contribution in [2.45, 2.75) is 32.7 Å². The molecule has 4 heteroatoms. The predicted molar refractivity (Wildman–Crippen MR) is 74.7 cm³/mol. The Morgan fingerprint density at radius 3 is 2.67 bits per heavy atom. The smallest absolute Gasteiger partial charge is 0.109 e. The van der Waals surface area contributed by atoms with Crippen LogP contribution in [0.2, 0.25) is 0 Å². The summed E-state index contributed by atoms with van der Waals surface area (Å²) < 4.78 is 2.12. The van der Waals surface area contributed by atoms with E-state index in [-0.39, 0.29) is 0 Å². The highest BCUT2D eigenvalue weighted by Gasteiger charge is 2.32. The molecule has 1 fully saturated rings. The molecule has 0 unspecified atom stereocenters. The van der Waals surface area contributed by atoms with Crippen LogP contribution in [-0.2, 0) is 13.5 Å². The Hall–Kier alpha value is -0.870. The third kappa shape index (κ3) is 2.93. The van der Waals surface area contributed by atoms with Gasteiger partial charge in [-0.15, -0.1) is 0 Å². The molecule has 0 bridgehead atoms. The molecule has 4 nitrogen and oxygen atoms in total. The molecule has 1 aromatic rings. The van der Waals surface area contributed by atoms with Crippen molar-refractivity contribution >= 4 is 0 Å². The van der Waals surface area contributed by atoms with E-state index in [0.29, 0.717) is 5.54 Å². The minimum absolute atomic E-state index is 0.300. The van der Waals surface area contributed by atoms with Crippen LogP contribution in [0.1, 0.15) is 26.6 Å². The highest BCUT2D eigenvalue weighted by molar-refractivity contribution is 4.94. The van der Waals surface area contributed by atoms with Gasteiger partial charge in [0.25, 0.3) is 0 Å². The van der Waals surface area contributed by atoms with Gasteiger partial charge in [0.05, 0.1) is 0 Å². The van der Waals surface area contributed by atoms with Gasteiger partial charge in [-0.25, -0.2) is 4.98 Å². The van der Waals surface area contributed by atoms with E-state index in [2.05, 4.69) is 47.2 Å². The van der Waals surface area contributed by atoms with Gasteiger partial charge in [-0.05, 0) is 20.4 Å². The number of likely N-dealkylation sites (N-methyl/N-ethyl adjacent to an activating group) is 1. The van der Waals surface area contributed by atoms with Crippen LogP contribution in [0.25, 0.3) is 0 Å². The van der Waals surface area contributed by atoms with Crippen molar-refractivity contribution in [2.24, 2.45) is 7.05 Å². The maximum atomic E-state index is 4.39. The summed E-state index contributed by atoms with van der Waals surface area (Å²) in [5, 5.41) is 0. The molecule has 2 heterocycles. The fourth-order valence-electron chi connectivity index (χ4n) is 2.96. The van der Waals surface area contributed by atoms with Crippen molar-refractivity contribution in [3.05, 3.63) is 18.2 Å². The minimum atomic E-state index is 0.300. The number of rotatable bonds is 4. The zero-order chi connectivity index (χ0) is 13.2. The predicted octanol–water partition coefficient (Wildman–Crippen LogP) is 1.38. The van der Waals surface area contributed by atoms with Crippen molar-refractivity contribution in [3.63, 3.8) is 0 Å². The molecule has 1 aliphatic heterocycles. The van der Waals surface area contributed by atoms with E-state index in [1.165, 1.54) is 18.9 Å². The van der Waals surface area contributed by atoms with Gasteiger partial charge >= 0.3 is 0 Å². The molecular weight excluding hydrogens is 224 g/mol. The average molecular weight is 250 g/mol. The van der Waals surface area contributed by atoms with Crippen molar-refractivity contribution < 1.29 is 0 Å². The van der Waals surface area contributed by atoms with Gasteiger partial charge in [0.15, 0.2) is 0 Å². The molecule has 0 radical (unpaired) electrons. The summed E-state index contributed by atoms with van der Waals surface area (Å²) in [6.07, 6.45) is 4.95. The minimum Gasteiger partial charge on any atom is -0.338 e. The van der Waals surface area contributed by atoms with Crippen molar-refractivity contribution in [2.75, 3.05) is 32.7 Å². The first-order valence-corrected chi connectivity index (χ1v) is 6.96. The highest BCUT2D eigenvalue weighted by atomic mass is 15.3. The van der Waals surface area contributed by atoms with Gasteiger partial charge in [-0.3, -0.25) is 9.80 Å². The Morgan fingerprint density at radius 2 is 2.11 bits per heavy atom. The van der Waals surface area contributed by atoms with Gasteiger partial charge in [0, 0.05) is 57.6 Å². The summed E-state index contributed by atoms with van der Waals surface area (Å²) in [4.78, 5) is 9.54. The third-order valence-electron chi connectivity index (χ3n) is 4.11. The average Bonchev–Trinajstić information content (AvgIpc) is 2.71. The summed E-state index contributed by atoms with van der Waals surface area (Å²) in [5.41, 5.74) is 0.300. The molecule has 0 spiro atoms. The van der Waals surface area contributed by atoms with Gasteiger partial charge < -0.3 is 4.57 Å². The van der Waals surface area contributed by atoms with Gasteiger partial charge in [-0.2, -0.15) is 0 Å². The molecule has 1 aromatic heterocycles. The second-order valence-corrected chi connectivity index (χ2v) is 5.87. The Bertz CT molecular complexity index is 383. The third-order valence-corrected chi connectivity index (χ3v) is 4.11. The fourth-order valence-corrected chi connectivity index (χ4v) is 2.96. The van der Waals surface area contributed by atoms with Crippen LogP contribution < -0.4 is 0 Å². The molecule has 2 rings (SSSR count). The van der Waals surface area contributed by atoms with E-state index >= 15 is 0 Å². The maximum Gasteiger partial charge on any atom is 0.109 e. The van der Waals surface area contributed by atoms with Crippen molar-refractivity contribution in [3.8, 4) is 0 Å². The standard InChI is InChI=1S/C14H26N4/c1-5-18-11-10-17(12-14(18,2)3)8-6-13-15-7-9-16(13)4/h7,9H,5-6,8,10-12H2,1-4H3. The molecule has 1 saturated heterocycles. The molecule has 0 aromatic carbocycles. The number of hydrogen-bond donors (Lipinski definition) is 0. The molecule has 18 heavy (non-hydrogen) atoms. The van der Waals surface area contributed by atoms with E-state index < -0.39 is 0 Å². The van der Waals surface area contributed by atoms with E-state index in [4.69, 9.17) is 0 Å². The topological polar surface area (TPSA) is 24.3 Å². The summed E-state index contributed by atoms with van der Waals surface area (Å²) in [5.74, 6) is 1.19. The van der Waals surface area contributed by atoms with Crippen LogP contribution in [0.15, 0.2) is 12.4 Å².